The van der Waals surface area contributed by atoms with Gasteiger partial charge >= 0.3 is 12.1 Å². The lowest BCUT2D eigenvalue weighted by Gasteiger charge is -2.47. The Balaban J connectivity index is 1.20. The standard InChI is InChI=1S/C42H48F2N6O7/c1-5-28-30(43)10-9-26-18-27(51)19-29(32(26)28)35-34(44)36-33(38(45-35)54-3)37(50-16-17-56-23-41(2,53)22-50)47-39(46-36)57-24-42-12-6-8-31(42)48(14-7-13-42)20-25-11-15-49(21-25)40(52)55-4/h1,9-10,18-19,25,31,51,53H,6-8,11-17,20-24H2,2-4H3/t25-,31-,41+,42-/m1/s1. The molecular weight excluding hydrogens is 738 g/mol. The molecule has 0 bridgehead atoms. The van der Waals surface area contributed by atoms with E-state index in [-0.39, 0.29) is 93.9 Å². The lowest BCUT2D eigenvalue weighted by atomic mass is 9.75. The van der Waals surface area contributed by atoms with Crippen LogP contribution in [0.25, 0.3) is 32.9 Å². The van der Waals surface area contributed by atoms with Crippen molar-refractivity contribution in [1.29, 1.82) is 0 Å². The number of rotatable bonds is 8. The van der Waals surface area contributed by atoms with Gasteiger partial charge in [-0.15, -0.1) is 6.42 Å². The minimum Gasteiger partial charge on any atom is -0.508 e. The molecule has 5 heterocycles. The largest absolute Gasteiger partial charge is 0.508 e. The lowest BCUT2D eigenvalue weighted by molar-refractivity contribution is -0.0123. The summed E-state index contributed by atoms with van der Waals surface area (Å²) in [7, 11) is 2.80. The first-order chi connectivity index (χ1) is 27.4. The fourth-order valence-corrected chi connectivity index (χ4v) is 9.71. The summed E-state index contributed by atoms with van der Waals surface area (Å²) < 4.78 is 55.5. The van der Waals surface area contributed by atoms with E-state index >= 15 is 8.78 Å². The minimum atomic E-state index is -1.26. The van der Waals surface area contributed by atoms with E-state index in [1.807, 2.05) is 0 Å². The Labute approximate surface area is 329 Å². The number of β-amino-alcohol motifs (C(OH)–C–C–N with tert-alkyl or cyclic N) is 1. The molecule has 15 heteroatoms. The number of likely N-dealkylation sites (tertiary alicyclic amines) is 2. The number of anilines is 1. The third-order valence-corrected chi connectivity index (χ3v) is 12.2. The Hall–Kier alpha value is -5.04. The molecule has 3 aliphatic heterocycles. The van der Waals surface area contributed by atoms with Crippen molar-refractivity contribution < 1.29 is 42.7 Å². The maximum Gasteiger partial charge on any atom is 0.409 e. The Bertz CT molecular complexity index is 2250. The monoisotopic (exact) mass is 786 g/mol. The number of ether oxygens (including phenoxy) is 4. The number of benzene rings is 2. The Kier molecular flexibility index (Phi) is 10.5. The molecule has 1 saturated carbocycles. The highest BCUT2D eigenvalue weighted by Gasteiger charge is 2.49. The van der Waals surface area contributed by atoms with Crippen LogP contribution in [0.1, 0.15) is 51.0 Å². The molecule has 2 N–H and O–H groups in total. The van der Waals surface area contributed by atoms with Gasteiger partial charge in [0.1, 0.15) is 39.6 Å². The van der Waals surface area contributed by atoms with Gasteiger partial charge in [0.2, 0.25) is 5.88 Å². The van der Waals surface area contributed by atoms with Crippen LogP contribution in [0.2, 0.25) is 0 Å². The zero-order chi connectivity index (χ0) is 40.1. The quantitative estimate of drug-likeness (QED) is 0.218. The van der Waals surface area contributed by atoms with Crippen LogP contribution >= 0.6 is 0 Å². The van der Waals surface area contributed by atoms with E-state index in [2.05, 4.69) is 20.8 Å². The normalized spacial score (nSPS) is 25.4. The van der Waals surface area contributed by atoms with Gasteiger partial charge in [-0.2, -0.15) is 9.97 Å². The molecule has 4 fully saturated rings. The number of carbonyl (C=O) groups excluding carboxylic acids is 1. The number of fused-ring (bicyclic) bond motifs is 3. The highest BCUT2D eigenvalue weighted by atomic mass is 19.1. The van der Waals surface area contributed by atoms with Gasteiger partial charge in [0, 0.05) is 48.6 Å². The van der Waals surface area contributed by atoms with E-state index in [0.29, 0.717) is 37.5 Å². The number of phenolic OH excluding ortho intramolecular Hbond substituents is 1. The van der Waals surface area contributed by atoms with E-state index < -0.39 is 17.2 Å². The van der Waals surface area contributed by atoms with Crippen LogP contribution in [0.4, 0.5) is 19.4 Å². The Morgan fingerprint density at radius 1 is 1.09 bits per heavy atom. The number of aromatic nitrogens is 3. The third-order valence-electron chi connectivity index (χ3n) is 12.2. The molecule has 57 heavy (non-hydrogen) atoms. The first-order valence-electron chi connectivity index (χ1n) is 19.6. The number of hydrogen-bond acceptors (Lipinski definition) is 12. The highest BCUT2D eigenvalue weighted by Crippen LogP contribution is 2.49. The van der Waals surface area contributed by atoms with E-state index in [1.165, 1.54) is 38.5 Å². The molecule has 0 unspecified atom stereocenters. The first kappa shape index (κ1) is 38.8. The van der Waals surface area contributed by atoms with E-state index in [1.54, 1.807) is 16.7 Å². The number of piperidine rings is 1. The molecule has 2 aromatic heterocycles. The molecule has 3 saturated heterocycles. The fourth-order valence-electron chi connectivity index (χ4n) is 9.71. The van der Waals surface area contributed by atoms with Crippen molar-refractivity contribution >= 4 is 33.6 Å². The summed E-state index contributed by atoms with van der Waals surface area (Å²) >= 11 is 0. The number of terminal acetylenes is 1. The van der Waals surface area contributed by atoms with Gasteiger partial charge in [-0.1, -0.05) is 18.4 Å². The van der Waals surface area contributed by atoms with Crippen molar-refractivity contribution in [2.75, 3.05) is 78.2 Å². The molecule has 1 aliphatic carbocycles. The topological polar surface area (TPSA) is 143 Å². The number of phenols is 1. The molecule has 0 radical (unpaired) electrons. The molecule has 13 nitrogen and oxygen atoms in total. The zero-order valence-corrected chi connectivity index (χ0v) is 32.5. The van der Waals surface area contributed by atoms with Crippen LogP contribution < -0.4 is 14.4 Å². The van der Waals surface area contributed by atoms with Crippen LogP contribution in [0.15, 0.2) is 24.3 Å². The predicted molar refractivity (Wildman–Crippen MR) is 208 cm³/mol. The van der Waals surface area contributed by atoms with Crippen molar-refractivity contribution in [2.24, 2.45) is 11.3 Å². The van der Waals surface area contributed by atoms with Crippen molar-refractivity contribution in [1.82, 2.24) is 24.8 Å². The van der Waals surface area contributed by atoms with Crippen LogP contribution in [0.5, 0.6) is 17.6 Å². The van der Waals surface area contributed by atoms with Crippen molar-refractivity contribution in [3.8, 4) is 41.2 Å². The lowest BCUT2D eigenvalue weighted by Crippen LogP contribution is -2.53. The maximum atomic E-state index is 17.4. The number of halogens is 2. The summed E-state index contributed by atoms with van der Waals surface area (Å²) in [5, 5.41) is 22.7. The van der Waals surface area contributed by atoms with Gasteiger partial charge in [-0.3, -0.25) is 4.90 Å². The summed E-state index contributed by atoms with van der Waals surface area (Å²) in [6.45, 7) is 5.92. The number of aliphatic hydroxyl groups is 1. The number of amides is 1. The second-order valence-electron chi connectivity index (χ2n) is 16.2. The molecule has 4 aromatic rings. The maximum absolute atomic E-state index is 17.4. The molecule has 302 valence electrons. The van der Waals surface area contributed by atoms with Crippen LogP contribution in [-0.4, -0.2) is 126 Å². The van der Waals surface area contributed by atoms with Crippen molar-refractivity contribution in [3.63, 3.8) is 0 Å². The highest BCUT2D eigenvalue weighted by molar-refractivity contribution is 6.04. The second-order valence-corrected chi connectivity index (χ2v) is 16.2. The van der Waals surface area contributed by atoms with Crippen LogP contribution in [0.3, 0.4) is 0 Å². The van der Waals surface area contributed by atoms with E-state index in [4.69, 9.17) is 30.4 Å². The average Bonchev–Trinajstić information content (AvgIpc) is 3.81. The SMILES string of the molecule is C#Cc1c(F)ccc2cc(O)cc(-c3nc(OC)c4c(N5CCOC[C@@](C)(O)C5)nc(OC[C@]56CCC[C@H]5N(C[C@H]5CCN(C(=O)OC)C5)CCC6)nc4c3F)c12. The summed E-state index contributed by atoms with van der Waals surface area (Å²) in [6, 6.07) is 5.56. The number of methoxy groups -OCH3 is 2. The first-order valence-corrected chi connectivity index (χ1v) is 19.6. The van der Waals surface area contributed by atoms with Gasteiger partial charge in [0.05, 0.1) is 46.1 Å². The number of pyridine rings is 1. The smallest absolute Gasteiger partial charge is 0.409 e. The third kappa shape index (κ3) is 7.23. The Morgan fingerprint density at radius 3 is 2.70 bits per heavy atom. The van der Waals surface area contributed by atoms with Gasteiger partial charge in [0.15, 0.2) is 5.82 Å². The van der Waals surface area contributed by atoms with Crippen LogP contribution in [-0.2, 0) is 9.47 Å². The van der Waals surface area contributed by atoms with Gasteiger partial charge in [-0.25, -0.2) is 18.6 Å². The van der Waals surface area contributed by atoms with Crippen molar-refractivity contribution in [2.45, 2.75) is 57.1 Å². The van der Waals surface area contributed by atoms with Gasteiger partial charge in [0.25, 0.3) is 0 Å². The van der Waals surface area contributed by atoms with Gasteiger partial charge in [-0.05, 0) is 75.1 Å². The number of nitrogens with zero attached hydrogens (tertiary/aromatic N) is 6. The summed E-state index contributed by atoms with van der Waals surface area (Å²) in [6.07, 6.45) is 11.3. The molecule has 4 aliphatic rings. The molecule has 0 spiro atoms. The Morgan fingerprint density at radius 2 is 1.91 bits per heavy atom. The van der Waals surface area contributed by atoms with E-state index in [9.17, 15) is 15.0 Å². The van der Waals surface area contributed by atoms with E-state index in [0.717, 1.165) is 51.6 Å². The molecule has 1 amide bonds. The number of hydrogen-bond donors (Lipinski definition) is 2. The summed E-state index contributed by atoms with van der Waals surface area (Å²) in [4.78, 5) is 32.5. The fraction of sp³-hybridized carbons (Fsp3) is 0.524. The molecule has 8 rings (SSSR count). The van der Waals surface area contributed by atoms with Crippen molar-refractivity contribution in [3.05, 3.63) is 41.5 Å². The average molecular weight is 787 g/mol. The molecule has 2 aromatic carbocycles. The molecular formula is C42H48F2N6O7. The summed E-state index contributed by atoms with van der Waals surface area (Å²) in [5.41, 5.74) is -1.94. The minimum absolute atomic E-state index is 0.0297. The predicted octanol–water partition coefficient (Wildman–Crippen LogP) is 5.51. The number of aromatic hydroxyl groups is 1. The second kappa shape index (κ2) is 15.4. The molecule has 4 atom stereocenters. The summed E-state index contributed by atoms with van der Waals surface area (Å²) in [5.74, 6) is 1.17. The zero-order valence-electron chi connectivity index (χ0n) is 32.5. The van der Waals surface area contributed by atoms with Crippen LogP contribution in [0, 0.1) is 35.3 Å². The van der Waals surface area contributed by atoms with Gasteiger partial charge < -0.3 is 39.0 Å². The number of carbonyl (C=O) groups is 1.